The summed E-state index contributed by atoms with van der Waals surface area (Å²) in [5, 5.41) is 0. The summed E-state index contributed by atoms with van der Waals surface area (Å²) in [6, 6.07) is 5.48. The van der Waals surface area contributed by atoms with Crippen molar-refractivity contribution in [1.82, 2.24) is 4.90 Å². The highest BCUT2D eigenvalue weighted by molar-refractivity contribution is 5.90. The molecule has 2 aromatic rings. The number of carbonyl (C=O) groups is 1. The van der Waals surface area contributed by atoms with Gasteiger partial charge < -0.3 is 13.6 Å². The maximum Gasteiger partial charge on any atom is 0.415 e. The van der Waals surface area contributed by atoms with Crippen LogP contribution < -0.4 is 4.90 Å². The molecule has 6 rings (SSSR count). The first-order chi connectivity index (χ1) is 11.2. The van der Waals surface area contributed by atoms with E-state index in [2.05, 4.69) is 4.90 Å². The summed E-state index contributed by atoms with van der Waals surface area (Å²) in [7, 11) is 0. The van der Waals surface area contributed by atoms with E-state index < -0.39 is 0 Å². The SMILES string of the molecule is O=C1OC2(CN3CCC2CC3)CN1c1coc(-c2ccco2)c1. The molecule has 4 fully saturated rings. The quantitative estimate of drug-likeness (QED) is 0.853. The fourth-order valence-electron chi connectivity index (χ4n) is 4.23. The van der Waals surface area contributed by atoms with E-state index >= 15 is 0 Å². The van der Waals surface area contributed by atoms with Crippen molar-refractivity contribution < 1.29 is 18.4 Å². The van der Waals surface area contributed by atoms with Crippen LogP contribution in [0.25, 0.3) is 11.5 Å². The van der Waals surface area contributed by atoms with Gasteiger partial charge in [-0.1, -0.05) is 0 Å². The molecule has 2 bridgehead atoms. The predicted octanol–water partition coefficient (Wildman–Crippen LogP) is 2.96. The Morgan fingerprint density at radius 2 is 2.00 bits per heavy atom. The molecule has 1 unspecified atom stereocenters. The van der Waals surface area contributed by atoms with Crippen LogP contribution in [0.3, 0.4) is 0 Å². The average molecular weight is 314 g/mol. The topological polar surface area (TPSA) is 59.1 Å². The van der Waals surface area contributed by atoms with Crippen molar-refractivity contribution >= 4 is 11.8 Å². The smallest absolute Gasteiger partial charge is 0.415 e. The maximum atomic E-state index is 12.4. The zero-order valence-corrected chi connectivity index (χ0v) is 12.7. The number of furan rings is 2. The van der Waals surface area contributed by atoms with Crippen LogP contribution in [0.15, 0.2) is 39.6 Å². The van der Waals surface area contributed by atoms with Crippen molar-refractivity contribution in [3.63, 3.8) is 0 Å². The first-order valence-corrected chi connectivity index (χ1v) is 8.09. The monoisotopic (exact) mass is 314 g/mol. The van der Waals surface area contributed by atoms with Gasteiger partial charge in [-0.05, 0) is 38.1 Å². The van der Waals surface area contributed by atoms with Crippen LogP contribution in [0.4, 0.5) is 10.5 Å². The van der Waals surface area contributed by atoms with Gasteiger partial charge in [0.05, 0.1) is 18.5 Å². The molecule has 120 valence electrons. The second-order valence-corrected chi connectivity index (χ2v) is 6.72. The molecule has 0 aromatic carbocycles. The number of hydrogen-bond donors (Lipinski definition) is 0. The molecule has 0 N–H and O–H groups in total. The first kappa shape index (κ1) is 13.2. The molecule has 6 nitrogen and oxygen atoms in total. The summed E-state index contributed by atoms with van der Waals surface area (Å²) < 4.78 is 16.8. The molecule has 4 aliphatic rings. The molecule has 1 atom stereocenters. The molecule has 0 saturated carbocycles. The van der Waals surface area contributed by atoms with Gasteiger partial charge in [-0.15, -0.1) is 0 Å². The Hall–Kier alpha value is -2.21. The van der Waals surface area contributed by atoms with Crippen LogP contribution in [-0.4, -0.2) is 42.8 Å². The number of piperidine rings is 3. The largest absolute Gasteiger partial charge is 0.461 e. The van der Waals surface area contributed by atoms with Crippen molar-refractivity contribution in [2.45, 2.75) is 18.4 Å². The summed E-state index contributed by atoms with van der Waals surface area (Å²) in [6.07, 6.45) is 5.16. The molecule has 23 heavy (non-hydrogen) atoms. The number of nitrogens with zero attached hydrogens (tertiary/aromatic N) is 2. The van der Waals surface area contributed by atoms with E-state index in [-0.39, 0.29) is 11.7 Å². The first-order valence-electron chi connectivity index (χ1n) is 8.09. The van der Waals surface area contributed by atoms with E-state index in [9.17, 15) is 4.79 Å². The van der Waals surface area contributed by atoms with Gasteiger partial charge >= 0.3 is 6.09 Å². The highest BCUT2D eigenvalue weighted by atomic mass is 16.6. The van der Waals surface area contributed by atoms with E-state index in [0.717, 1.165) is 38.2 Å². The second kappa shape index (κ2) is 4.64. The number of ether oxygens (including phenoxy) is 1. The lowest BCUT2D eigenvalue weighted by Gasteiger charge is -2.49. The van der Waals surface area contributed by atoms with Gasteiger partial charge in [0.2, 0.25) is 0 Å². The second-order valence-electron chi connectivity index (χ2n) is 6.72. The molecule has 0 aliphatic carbocycles. The highest BCUT2D eigenvalue weighted by Gasteiger charge is 2.55. The minimum atomic E-state index is -0.351. The lowest BCUT2D eigenvalue weighted by atomic mass is 9.75. The zero-order valence-electron chi connectivity index (χ0n) is 12.7. The summed E-state index contributed by atoms with van der Waals surface area (Å²) in [4.78, 5) is 16.5. The van der Waals surface area contributed by atoms with Crippen molar-refractivity contribution in [2.75, 3.05) is 31.1 Å². The van der Waals surface area contributed by atoms with Crippen LogP contribution in [-0.2, 0) is 4.74 Å². The standard InChI is InChI=1S/C17H18N2O4/c20-16-19(13-8-15(22-9-13)14-2-1-7-21-14)11-17(23-16)10-18-5-3-12(17)4-6-18/h1-2,7-9,12H,3-6,10-11H2. The fraction of sp³-hybridized carbons (Fsp3) is 0.471. The Bertz CT molecular complexity index is 730. The van der Waals surface area contributed by atoms with E-state index in [4.69, 9.17) is 13.6 Å². The molecule has 4 aliphatic heterocycles. The molecule has 1 amide bonds. The van der Waals surface area contributed by atoms with Gasteiger partial charge in [0.15, 0.2) is 11.5 Å². The Morgan fingerprint density at radius 1 is 1.13 bits per heavy atom. The molecular weight excluding hydrogens is 296 g/mol. The third kappa shape index (κ3) is 1.94. The molecule has 1 spiro atoms. The number of anilines is 1. The van der Waals surface area contributed by atoms with Gasteiger partial charge in [0, 0.05) is 18.5 Å². The van der Waals surface area contributed by atoms with E-state index in [1.807, 2.05) is 18.2 Å². The van der Waals surface area contributed by atoms with Gasteiger partial charge in [-0.3, -0.25) is 9.80 Å². The van der Waals surface area contributed by atoms with E-state index in [1.165, 1.54) is 0 Å². The molecule has 4 saturated heterocycles. The maximum absolute atomic E-state index is 12.4. The van der Waals surface area contributed by atoms with E-state index in [1.54, 1.807) is 17.4 Å². The van der Waals surface area contributed by atoms with Gasteiger partial charge in [-0.25, -0.2) is 4.79 Å². The Labute approximate surface area is 133 Å². The predicted molar refractivity (Wildman–Crippen MR) is 82.1 cm³/mol. The third-order valence-corrected chi connectivity index (χ3v) is 5.42. The summed E-state index contributed by atoms with van der Waals surface area (Å²) in [6.45, 7) is 3.70. The molecule has 6 heterocycles. The zero-order chi connectivity index (χ0) is 15.4. The molecule has 6 heteroatoms. The normalized spacial score (nSPS) is 32.7. The van der Waals surface area contributed by atoms with Crippen LogP contribution in [0.2, 0.25) is 0 Å². The van der Waals surface area contributed by atoms with Crippen LogP contribution in [0, 0.1) is 5.92 Å². The Morgan fingerprint density at radius 3 is 2.70 bits per heavy atom. The number of amides is 1. The number of rotatable bonds is 2. The van der Waals surface area contributed by atoms with Crippen LogP contribution >= 0.6 is 0 Å². The average Bonchev–Trinajstić information content (AvgIpc) is 3.28. The minimum Gasteiger partial charge on any atom is -0.461 e. The summed E-state index contributed by atoms with van der Waals surface area (Å²) in [5.74, 6) is 1.74. The molecule has 0 radical (unpaired) electrons. The number of carbonyl (C=O) groups excluding carboxylic acids is 1. The number of hydrogen-bond acceptors (Lipinski definition) is 5. The van der Waals surface area contributed by atoms with Crippen molar-refractivity contribution in [3.8, 4) is 11.5 Å². The lowest BCUT2D eigenvalue weighted by molar-refractivity contribution is -0.0881. The van der Waals surface area contributed by atoms with Crippen LogP contribution in [0.5, 0.6) is 0 Å². The summed E-state index contributed by atoms with van der Waals surface area (Å²) >= 11 is 0. The highest BCUT2D eigenvalue weighted by Crippen LogP contribution is 2.43. The number of fused-ring (bicyclic) bond motifs is 2. The van der Waals surface area contributed by atoms with Crippen molar-refractivity contribution in [2.24, 2.45) is 5.92 Å². The third-order valence-electron chi connectivity index (χ3n) is 5.42. The molecule has 2 aromatic heterocycles. The van der Waals surface area contributed by atoms with Gasteiger partial charge in [0.1, 0.15) is 11.9 Å². The van der Waals surface area contributed by atoms with Crippen molar-refractivity contribution in [1.29, 1.82) is 0 Å². The Kier molecular flexibility index (Phi) is 2.68. The summed E-state index contributed by atoms with van der Waals surface area (Å²) in [5.41, 5.74) is 0.380. The van der Waals surface area contributed by atoms with Gasteiger partial charge in [0.25, 0.3) is 0 Å². The molecular formula is C17H18N2O4. The fourth-order valence-corrected chi connectivity index (χ4v) is 4.23. The lowest BCUT2D eigenvalue weighted by Crippen LogP contribution is -2.61. The minimum absolute atomic E-state index is 0.273. The van der Waals surface area contributed by atoms with Crippen molar-refractivity contribution in [3.05, 3.63) is 30.7 Å². The van der Waals surface area contributed by atoms with Crippen LogP contribution in [0.1, 0.15) is 12.8 Å². The van der Waals surface area contributed by atoms with Gasteiger partial charge in [-0.2, -0.15) is 0 Å². The van der Waals surface area contributed by atoms with E-state index in [0.29, 0.717) is 24.0 Å². The Balaban J connectivity index is 1.43.